The zero-order chi connectivity index (χ0) is 14.0. The number of nitrogens with one attached hydrogen (secondary N) is 2. The van der Waals surface area contributed by atoms with E-state index in [1.165, 1.54) is 14.0 Å². The summed E-state index contributed by atoms with van der Waals surface area (Å²) in [6, 6.07) is 6.47. The van der Waals surface area contributed by atoms with E-state index in [0.29, 0.717) is 11.4 Å². The normalized spacial score (nSPS) is 18.6. The quantitative estimate of drug-likeness (QED) is 0.789. The molecule has 6 heteroatoms. The molecule has 6 nitrogen and oxygen atoms in total. The number of anilines is 2. The summed E-state index contributed by atoms with van der Waals surface area (Å²) < 4.78 is 0. The van der Waals surface area contributed by atoms with Gasteiger partial charge in [-0.25, -0.2) is 0 Å². The van der Waals surface area contributed by atoms with Gasteiger partial charge in [-0.2, -0.15) is 0 Å². The van der Waals surface area contributed by atoms with Crippen LogP contribution in [0, 0.1) is 0 Å². The van der Waals surface area contributed by atoms with Gasteiger partial charge in [-0.15, -0.1) is 0 Å². The third-order valence-electron chi connectivity index (χ3n) is 2.91. The third kappa shape index (κ3) is 2.90. The molecule has 1 aliphatic heterocycles. The minimum Gasteiger partial charge on any atom is -0.373 e. The van der Waals surface area contributed by atoms with E-state index in [1.54, 1.807) is 24.3 Å². The third-order valence-corrected chi connectivity index (χ3v) is 2.91. The molecule has 0 saturated carbocycles. The fourth-order valence-electron chi connectivity index (χ4n) is 1.96. The van der Waals surface area contributed by atoms with Crippen LogP contribution in [0.3, 0.4) is 0 Å². The number of carbonyl (C=O) groups excluding carboxylic acids is 3. The van der Waals surface area contributed by atoms with Gasteiger partial charge in [0.05, 0.1) is 6.42 Å². The molecule has 0 aliphatic carbocycles. The van der Waals surface area contributed by atoms with Gasteiger partial charge in [0.25, 0.3) is 5.91 Å². The van der Waals surface area contributed by atoms with Crippen molar-refractivity contribution in [2.75, 3.05) is 17.7 Å². The summed E-state index contributed by atoms with van der Waals surface area (Å²) >= 11 is 0. The Labute approximate surface area is 110 Å². The first kappa shape index (κ1) is 13.1. The molecule has 100 valence electrons. The van der Waals surface area contributed by atoms with Crippen molar-refractivity contribution in [2.24, 2.45) is 0 Å². The summed E-state index contributed by atoms with van der Waals surface area (Å²) in [6.45, 7) is 1.42. The van der Waals surface area contributed by atoms with Gasteiger partial charge in [0.15, 0.2) is 0 Å². The monoisotopic (exact) mass is 261 g/mol. The van der Waals surface area contributed by atoms with Crippen LogP contribution in [0.4, 0.5) is 11.4 Å². The Morgan fingerprint density at radius 2 is 2.00 bits per heavy atom. The average molecular weight is 261 g/mol. The second-order valence-corrected chi connectivity index (χ2v) is 4.45. The zero-order valence-corrected chi connectivity index (χ0v) is 10.8. The number of nitrogens with zero attached hydrogens (tertiary/aromatic N) is 1. The van der Waals surface area contributed by atoms with Crippen LogP contribution in [0.15, 0.2) is 24.3 Å². The van der Waals surface area contributed by atoms with Crippen molar-refractivity contribution >= 4 is 29.1 Å². The standard InChI is InChI=1S/C13H15N3O3/c1-8(17)14-9-4-3-5-10(6-9)15-11-7-12(18)16(2)13(11)19/h3-6,11,15H,7H2,1-2H3,(H,14,17). The van der Waals surface area contributed by atoms with Crippen molar-refractivity contribution in [3.05, 3.63) is 24.3 Å². The summed E-state index contributed by atoms with van der Waals surface area (Å²) in [5.41, 5.74) is 1.33. The summed E-state index contributed by atoms with van der Waals surface area (Å²) in [7, 11) is 1.47. The van der Waals surface area contributed by atoms with Crippen LogP contribution in [0.2, 0.25) is 0 Å². The Kier molecular flexibility index (Phi) is 3.50. The maximum absolute atomic E-state index is 11.8. The molecule has 2 N–H and O–H groups in total. The molecule has 1 aromatic carbocycles. The number of benzene rings is 1. The topological polar surface area (TPSA) is 78.5 Å². The van der Waals surface area contributed by atoms with E-state index in [2.05, 4.69) is 10.6 Å². The number of imide groups is 1. The van der Waals surface area contributed by atoms with Crippen molar-refractivity contribution in [2.45, 2.75) is 19.4 Å². The maximum atomic E-state index is 11.8. The molecule has 0 spiro atoms. The minimum atomic E-state index is -0.537. The number of hydrogen-bond acceptors (Lipinski definition) is 4. The fraction of sp³-hybridized carbons (Fsp3) is 0.308. The molecule has 3 amide bonds. The van der Waals surface area contributed by atoms with E-state index in [9.17, 15) is 14.4 Å². The van der Waals surface area contributed by atoms with Crippen LogP contribution < -0.4 is 10.6 Å². The first-order valence-corrected chi connectivity index (χ1v) is 5.92. The second-order valence-electron chi connectivity index (χ2n) is 4.45. The van der Waals surface area contributed by atoms with Gasteiger partial charge in [-0.05, 0) is 18.2 Å². The van der Waals surface area contributed by atoms with Gasteiger partial charge in [0, 0.05) is 25.3 Å². The number of carbonyl (C=O) groups is 3. The zero-order valence-electron chi connectivity index (χ0n) is 10.8. The average Bonchev–Trinajstić information content (AvgIpc) is 2.57. The van der Waals surface area contributed by atoms with Crippen LogP contribution in [0.25, 0.3) is 0 Å². The lowest BCUT2D eigenvalue weighted by Crippen LogP contribution is -2.31. The Bertz CT molecular complexity index is 542. The Morgan fingerprint density at radius 3 is 2.58 bits per heavy atom. The Hall–Kier alpha value is -2.37. The lowest BCUT2D eigenvalue weighted by Gasteiger charge is -2.13. The molecule has 1 aromatic rings. The molecule has 1 aliphatic rings. The van der Waals surface area contributed by atoms with Gasteiger partial charge in [0.2, 0.25) is 11.8 Å². The van der Waals surface area contributed by atoms with Crippen molar-refractivity contribution < 1.29 is 14.4 Å². The lowest BCUT2D eigenvalue weighted by molar-refractivity contribution is -0.136. The Balaban J connectivity index is 2.09. The highest BCUT2D eigenvalue weighted by molar-refractivity contribution is 6.06. The van der Waals surface area contributed by atoms with Crippen LogP contribution >= 0.6 is 0 Å². The van der Waals surface area contributed by atoms with Gasteiger partial charge in [0.1, 0.15) is 6.04 Å². The SMILES string of the molecule is CC(=O)Nc1cccc(NC2CC(=O)N(C)C2=O)c1. The van der Waals surface area contributed by atoms with E-state index >= 15 is 0 Å². The molecule has 0 aromatic heterocycles. The number of likely N-dealkylation sites (N-methyl/N-ethyl adjacent to an activating group) is 1. The highest BCUT2D eigenvalue weighted by atomic mass is 16.2. The van der Waals surface area contributed by atoms with E-state index in [1.807, 2.05) is 0 Å². The van der Waals surface area contributed by atoms with Crippen molar-refractivity contribution in [3.8, 4) is 0 Å². The molecule has 2 rings (SSSR count). The molecule has 1 atom stereocenters. The van der Waals surface area contributed by atoms with Crippen molar-refractivity contribution in [1.82, 2.24) is 4.90 Å². The molecule has 19 heavy (non-hydrogen) atoms. The molecule has 1 heterocycles. The molecular weight excluding hydrogens is 246 g/mol. The highest BCUT2D eigenvalue weighted by Gasteiger charge is 2.35. The summed E-state index contributed by atoms with van der Waals surface area (Å²) in [5, 5.41) is 5.66. The molecular formula is C13H15N3O3. The van der Waals surface area contributed by atoms with Gasteiger partial charge in [-0.1, -0.05) is 6.07 Å². The lowest BCUT2D eigenvalue weighted by atomic mass is 10.2. The molecule has 1 unspecified atom stereocenters. The largest absolute Gasteiger partial charge is 0.373 e. The second kappa shape index (κ2) is 5.09. The predicted molar refractivity (Wildman–Crippen MR) is 70.6 cm³/mol. The van der Waals surface area contributed by atoms with E-state index in [0.717, 1.165) is 4.90 Å². The summed E-state index contributed by atoms with van der Waals surface area (Å²) in [4.78, 5) is 35.3. The number of likely N-dealkylation sites (tertiary alicyclic amines) is 1. The first-order valence-electron chi connectivity index (χ1n) is 5.92. The van der Waals surface area contributed by atoms with Crippen molar-refractivity contribution in [1.29, 1.82) is 0 Å². The highest BCUT2D eigenvalue weighted by Crippen LogP contribution is 2.20. The molecule has 0 bridgehead atoms. The molecule has 1 fully saturated rings. The first-order chi connectivity index (χ1) is 8.97. The van der Waals surface area contributed by atoms with E-state index in [-0.39, 0.29) is 24.1 Å². The van der Waals surface area contributed by atoms with Crippen LogP contribution in [-0.2, 0) is 14.4 Å². The van der Waals surface area contributed by atoms with Crippen LogP contribution in [0.1, 0.15) is 13.3 Å². The van der Waals surface area contributed by atoms with E-state index in [4.69, 9.17) is 0 Å². The predicted octanol–water partition coefficient (Wildman–Crippen LogP) is 0.814. The van der Waals surface area contributed by atoms with E-state index < -0.39 is 6.04 Å². The number of rotatable bonds is 3. The van der Waals surface area contributed by atoms with Gasteiger partial charge < -0.3 is 10.6 Å². The number of amides is 3. The molecule has 0 radical (unpaired) electrons. The smallest absolute Gasteiger partial charge is 0.251 e. The maximum Gasteiger partial charge on any atom is 0.251 e. The van der Waals surface area contributed by atoms with Crippen LogP contribution in [-0.4, -0.2) is 35.7 Å². The number of hydrogen-bond donors (Lipinski definition) is 2. The minimum absolute atomic E-state index is 0.152. The van der Waals surface area contributed by atoms with Gasteiger partial charge >= 0.3 is 0 Å². The summed E-state index contributed by atoms with van der Waals surface area (Å²) in [6.07, 6.45) is 0.152. The van der Waals surface area contributed by atoms with Crippen LogP contribution in [0.5, 0.6) is 0 Å². The molecule has 1 saturated heterocycles. The van der Waals surface area contributed by atoms with Gasteiger partial charge in [-0.3, -0.25) is 19.3 Å². The summed E-state index contributed by atoms with van der Waals surface area (Å²) in [5.74, 6) is -0.598. The van der Waals surface area contributed by atoms with Crippen molar-refractivity contribution in [3.63, 3.8) is 0 Å². The Morgan fingerprint density at radius 1 is 1.32 bits per heavy atom. The fourth-order valence-corrected chi connectivity index (χ4v) is 1.96.